The highest BCUT2D eigenvalue weighted by Crippen LogP contribution is 2.26. The molecular formula is C18H19ClFN5. The zero-order chi connectivity index (χ0) is 17.4. The van der Waals surface area contributed by atoms with Crippen molar-refractivity contribution in [3.05, 3.63) is 52.2 Å². The van der Waals surface area contributed by atoms with Gasteiger partial charge in [-0.15, -0.1) is 0 Å². The number of rotatable bonds is 3. The van der Waals surface area contributed by atoms with E-state index < -0.39 is 5.82 Å². The van der Waals surface area contributed by atoms with Gasteiger partial charge >= 0.3 is 0 Å². The normalized spacial score (nSPS) is 22.4. The molecule has 0 radical (unpaired) electrons. The zero-order valence-corrected chi connectivity index (χ0v) is 14.4. The van der Waals surface area contributed by atoms with Crippen molar-refractivity contribution in [1.29, 1.82) is 0 Å². The Labute approximate surface area is 150 Å². The number of aromatic nitrogens is 2. The van der Waals surface area contributed by atoms with E-state index >= 15 is 0 Å². The zero-order valence-electron chi connectivity index (χ0n) is 13.7. The maximum atomic E-state index is 14.3. The van der Waals surface area contributed by atoms with Crippen LogP contribution in [0.2, 0.25) is 5.02 Å². The van der Waals surface area contributed by atoms with E-state index in [1.807, 2.05) is 0 Å². The lowest BCUT2D eigenvalue weighted by molar-refractivity contribution is 0.403. The maximum absolute atomic E-state index is 14.3. The molecule has 1 saturated carbocycles. The van der Waals surface area contributed by atoms with Gasteiger partial charge in [0, 0.05) is 17.6 Å². The molecule has 1 fully saturated rings. The molecule has 0 saturated heterocycles. The van der Waals surface area contributed by atoms with Crippen LogP contribution in [0.3, 0.4) is 0 Å². The number of benzene rings is 1. The Hall–Kier alpha value is -2.05. The molecule has 1 aromatic carbocycles. The first-order valence-corrected chi connectivity index (χ1v) is 8.88. The fraction of sp³-hybridized carbons (Fsp3) is 0.389. The van der Waals surface area contributed by atoms with E-state index in [-0.39, 0.29) is 17.1 Å². The average molecular weight is 360 g/mol. The lowest BCUT2D eigenvalue weighted by Crippen LogP contribution is -2.42. The molecule has 0 unspecified atom stereocenters. The van der Waals surface area contributed by atoms with E-state index in [2.05, 4.69) is 20.3 Å². The Morgan fingerprint density at radius 3 is 2.92 bits per heavy atom. The van der Waals surface area contributed by atoms with Gasteiger partial charge < -0.3 is 11.1 Å². The number of nitrogens with one attached hydrogen (secondary N) is 1. The van der Waals surface area contributed by atoms with Crippen molar-refractivity contribution >= 4 is 23.1 Å². The maximum Gasteiger partial charge on any atom is 0.151 e. The number of anilines is 1. The van der Waals surface area contributed by atoms with Crippen molar-refractivity contribution < 1.29 is 4.39 Å². The highest BCUT2D eigenvalue weighted by molar-refractivity contribution is 6.31. The van der Waals surface area contributed by atoms with Gasteiger partial charge in [0.25, 0.3) is 0 Å². The number of nitrogens with zero attached hydrogens (tertiary/aromatic N) is 3. The second kappa shape index (κ2) is 6.69. The predicted octanol–water partition coefficient (Wildman–Crippen LogP) is 3.30. The second-order valence-electron chi connectivity index (χ2n) is 6.52. The van der Waals surface area contributed by atoms with Crippen LogP contribution in [0, 0.1) is 5.82 Å². The molecule has 0 amide bonds. The number of halogens is 2. The van der Waals surface area contributed by atoms with E-state index in [9.17, 15) is 4.39 Å². The van der Waals surface area contributed by atoms with Crippen molar-refractivity contribution in [2.24, 2.45) is 10.7 Å². The van der Waals surface area contributed by atoms with Crippen LogP contribution in [-0.2, 0) is 6.54 Å². The molecule has 4 rings (SSSR count). The summed E-state index contributed by atoms with van der Waals surface area (Å²) in [7, 11) is 0. The van der Waals surface area contributed by atoms with Crippen LogP contribution in [-0.4, -0.2) is 27.8 Å². The monoisotopic (exact) mass is 359 g/mol. The Morgan fingerprint density at radius 2 is 2.08 bits per heavy atom. The molecule has 2 aliphatic rings. The molecule has 0 bridgehead atoms. The molecule has 1 aliphatic carbocycles. The van der Waals surface area contributed by atoms with Gasteiger partial charge in [0.05, 0.1) is 29.2 Å². The second-order valence-corrected chi connectivity index (χ2v) is 6.92. The smallest absolute Gasteiger partial charge is 0.151 e. The summed E-state index contributed by atoms with van der Waals surface area (Å²) in [5.41, 5.74) is 8.39. The largest absolute Gasteiger partial charge is 0.364 e. The lowest BCUT2D eigenvalue weighted by atomic mass is 9.91. The minimum atomic E-state index is -0.479. The SMILES string of the molecule is N[C@@H]1CCCC[C@H]1Nc1cnc2c(n1)CN=C2c1cccc(Cl)c1F. The van der Waals surface area contributed by atoms with E-state index in [1.165, 1.54) is 18.9 Å². The quantitative estimate of drug-likeness (QED) is 0.881. The molecule has 1 aliphatic heterocycles. The first-order valence-electron chi connectivity index (χ1n) is 8.50. The van der Waals surface area contributed by atoms with Gasteiger partial charge in [0.2, 0.25) is 0 Å². The topological polar surface area (TPSA) is 76.2 Å². The Morgan fingerprint density at radius 1 is 1.24 bits per heavy atom. The molecule has 2 atom stereocenters. The number of fused-ring (bicyclic) bond motifs is 1. The van der Waals surface area contributed by atoms with Gasteiger partial charge in [0.1, 0.15) is 11.5 Å². The molecule has 5 nitrogen and oxygen atoms in total. The summed E-state index contributed by atoms with van der Waals surface area (Å²) in [6, 6.07) is 5.23. The first-order chi connectivity index (χ1) is 12.1. The number of hydrogen-bond acceptors (Lipinski definition) is 5. The fourth-order valence-electron chi connectivity index (χ4n) is 3.46. The molecule has 0 spiro atoms. The summed E-state index contributed by atoms with van der Waals surface area (Å²) in [5, 5.41) is 3.47. The molecular weight excluding hydrogens is 341 g/mol. The molecule has 3 N–H and O–H groups in total. The van der Waals surface area contributed by atoms with E-state index in [4.69, 9.17) is 17.3 Å². The summed E-state index contributed by atoms with van der Waals surface area (Å²) >= 11 is 5.88. The van der Waals surface area contributed by atoms with Crippen LogP contribution in [0.15, 0.2) is 29.4 Å². The standard InChI is InChI=1S/C18H19ClFN5/c19-11-5-3-4-10(16(11)20)17-18-14(8-22-17)25-15(9-23-18)24-13-7-2-1-6-12(13)21/h3-5,9,12-13H,1-2,6-8,21H2,(H,24,25)/t12-,13-/m1/s1. The van der Waals surface area contributed by atoms with Gasteiger partial charge in [0.15, 0.2) is 5.82 Å². The lowest BCUT2D eigenvalue weighted by Gasteiger charge is -2.29. The van der Waals surface area contributed by atoms with Crippen molar-refractivity contribution in [3.63, 3.8) is 0 Å². The van der Waals surface area contributed by atoms with Crippen molar-refractivity contribution in [2.75, 3.05) is 5.32 Å². The summed E-state index contributed by atoms with van der Waals surface area (Å²) in [5.74, 6) is 0.220. The molecule has 2 aromatic rings. The van der Waals surface area contributed by atoms with Crippen LogP contribution >= 0.6 is 11.6 Å². The highest BCUT2D eigenvalue weighted by Gasteiger charge is 2.26. The van der Waals surface area contributed by atoms with E-state index in [0.29, 0.717) is 29.3 Å². The molecule has 25 heavy (non-hydrogen) atoms. The molecule has 130 valence electrons. The van der Waals surface area contributed by atoms with Crippen LogP contribution in [0.25, 0.3) is 0 Å². The Balaban J connectivity index is 1.58. The number of aliphatic imine (C=N–C) groups is 1. The van der Waals surface area contributed by atoms with Gasteiger partial charge in [-0.1, -0.05) is 30.5 Å². The van der Waals surface area contributed by atoms with Gasteiger partial charge in [-0.2, -0.15) is 0 Å². The minimum Gasteiger partial charge on any atom is -0.364 e. The van der Waals surface area contributed by atoms with Crippen molar-refractivity contribution in [3.8, 4) is 0 Å². The van der Waals surface area contributed by atoms with E-state index in [1.54, 1.807) is 18.3 Å². The predicted molar refractivity (Wildman–Crippen MR) is 96.6 cm³/mol. The Bertz CT molecular complexity index is 838. The highest BCUT2D eigenvalue weighted by atomic mass is 35.5. The number of nitrogens with two attached hydrogens (primary N) is 1. The van der Waals surface area contributed by atoms with Crippen molar-refractivity contribution in [2.45, 2.75) is 44.3 Å². The van der Waals surface area contributed by atoms with Crippen molar-refractivity contribution in [1.82, 2.24) is 9.97 Å². The minimum absolute atomic E-state index is 0.0752. The van der Waals surface area contributed by atoms with Crippen LogP contribution in [0.1, 0.15) is 42.6 Å². The van der Waals surface area contributed by atoms with Crippen LogP contribution < -0.4 is 11.1 Å². The van der Waals surface area contributed by atoms with Gasteiger partial charge in [-0.25, -0.2) is 14.4 Å². The van der Waals surface area contributed by atoms with Gasteiger partial charge in [-0.3, -0.25) is 4.99 Å². The third-order valence-corrected chi connectivity index (χ3v) is 5.11. The first kappa shape index (κ1) is 16.4. The average Bonchev–Trinajstić information content (AvgIpc) is 3.02. The molecule has 7 heteroatoms. The van der Waals surface area contributed by atoms with Gasteiger partial charge in [-0.05, 0) is 25.0 Å². The number of hydrogen-bond donors (Lipinski definition) is 2. The van der Waals surface area contributed by atoms with E-state index in [0.717, 1.165) is 18.5 Å². The van der Waals surface area contributed by atoms with Crippen LogP contribution in [0.4, 0.5) is 10.2 Å². The Kier molecular flexibility index (Phi) is 4.39. The fourth-order valence-corrected chi connectivity index (χ4v) is 3.64. The summed E-state index contributed by atoms with van der Waals surface area (Å²) in [6.45, 7) is 0.385. The summed E-state index contributed by atoms with van der Waals surface area (Å²) in [6.07, 6.45) is 6.08. The summed E-state index contributed by atoms with van der Waals surface area (Å²) < 4.78 is 14.3. The third-order valence-electron chi connectivity index (χ3n) is 4.82. The molecule has 1 aromatic heterocycles. The summed E-state index contributed by atoms with van der Waals surface area (Å²) in [4.78, 5) is 13.5. The molecule has 2 heterocycles. The third kappa shape index (κ3) is 3.12. The van der Waals surface area contributed by atoms with Crippen LogP contribution in [0.5, 0.6) is 0 Å².